The fourth-order valence-corrected chi connectivity index (χ4v) is 2.64. The molecule has 0 saturated heterocycles. The zero-order chi connectivity index (χ0) is 15.0. The topological polar surface area (TPSA) is 43.8 Å². The van der Waals surface area contributed by atoms with Crippen molar-refractivity contribution in [3.05, 3.63) is 52.3 Å². The SMILES string of the molecule is NCCn1c(-c2ccccc2F)nc2cc(Cl)c(Cl)cc21. The molecule has 0 aliphatic carbocycles. The number of hydrogen-bond acceptors (Lipinski definition) is 2. The number of imidazole rings is 1. The van der Waals surface area contributed by atoms with Gasteiger partial charge in [-0.1, -0.05) is 35.3 Å². The maximum absolute atomic E-state index is 14.0. The summed E-state index contributed by atoms with van der Waals surface area (Å²) in [5.41, 5.74) is 7.54. The first-order valence-electron chi connectivity index (χ1n) is 6.42. The van der Waals surface area contributed by atoms with Gasteiger partial charge < -0.3 is 10.3 Å². The van der Waals surface area contributed by atoms with Gasteiger partial charge >= 0.3 is 0 Å². The molecular weight excluding hydrogens is 312 g/mol. The highest BCUT2D eigenvalue weighted by molar-refractivity contribution is 6.42. The summed E-state index contributed by atoms with van der Waals surface area (Å²) < 4.78 is 15.9. The summed E-state index contributed by atoms with van der Waals surface area (Å²) in [4.78, 5) is 4.49. The number of nitrogens with two attached hydrogens (primary N) is 1. The quantitative estimate of drug-likeness (QED) is 0.788. The minimum atomic E-state index is -0.330. The number of nitrogens with zero attached hydrogens (tertiary/aromatic N) is 2. The van der Waals surface area contributed by atoms with Crippen molar-refractivity contribution in [1.82, 2.24) is 9.55 Å². The van der Waals surface area contributed by atoms with Gasteiger partial charge in [-0.05, 0) is 24.3 Å². The number of fused-ring (bicyclic) bond motifs is 1. The summed E-state index contributed by atoms with van der Waals surface area (Å²) >= 11 is 12.1. The number of rotatable bonds is 3. The average molecular weight is 324 g/mol. The van der Waals surface area contributed by atoms with Gasteiger partial charge in [0.2, 0.25) is 0 Å². The molecular formula is C15H12Cl2FN3. The fourth-order valence-electron chi connectivity index (χ4n) is 2.32. The second kappa shape index (κ2) is 5.64. The van der Waals surface area contributed by atoms with E-state index >= 15 is 0 Å². The lowest BCUT2D eigenvalue weighted by Gasteiger charge is -2.08. The van der Waals surface area contributed by atoms with Crippen LogP contribution in [-0.4, -0.2) is 16.1 Å². The Balaban J connectivity index is 2.32. The van der Waals surface area contributed by atoms with E-state index in [4.69, 9.17) is 28.9 Å². The van der Waals surface area contributed by atoms with Crippen molar-refractivity contribution < 1.29 is 4.39 Å². The number of benzene rings is 2. The van der Waals surface area contributed by atoms with Crippen molar-refractivity contribution >= 4 is 34.2 Å². The van der Waals surface area contributed by atoms with E-state index in [9.17, 15) is 4.39 Å². The summed E-state index contributed by atoms with van der Waals surface area (Å²) in [7, 11) is 0. The van der Waals surface area contributed by atoms with Gasteiger partial charge in [0.25, 0.3) is 0 Å². The molecule has 0 saturated carbocycles. The normalized spacial score (nSPS) is 11.2. The van der Waals surface area contributed by atoms with Gasteiger partial charge in [0.1, 0.15) is 11.6 Å². The Kier molecular flexibility index (Phi) is 3.85. The Labute approximate surface area is 131 Å². The summed E-state index contributed by atoms with van der Waals surface area (Å²) in [5, 5.41) is 0.851. The Hall–Kier alpha value is -1.62. The lowest BCUT2D eigenvalue weighted by Crippen LogP contribution is -2.11. The first-order valence-corrected chi connectivity index (χ1v) is 7.17. The maximum Gasteiger partial charge on any atom is 0.144 e. The third kappa shape index (κ3) is 2.50. The predicted molar refractivity (Wildman–Crippen MR) is 84.2 cm³/mol. The molecule has 0 aliphatic heterocycles. The molecule has 3 aromatic rings. The van der Waals surface area contributed by atoms with Crippen molar-refractivity contribution in [2.45, 2.75) is 6.54 Å². The predicted octanol–water partition coefficient (Wildman–Crippen LogP) is 4.11. The monoisotopic (exact) mass is 323 g/mol. The zero-order valence-corrected chi connectivity index (χ0v) is 12.5. The molecule has 1 aromatic heterocycles. The van der Waals surface area contributed by atoms with Crippen LogP contribution in [0.4, 0.5) is 4.39 Å². The van der Waals surface area contributed by atoms with Crippen molar-refractivity contribution in [1.29, 1.82) is 0 Å². The number of aromatic nitrogens is 2. The molecule has 0 atom stereocenters. The van der Waals surface area contributed by atoms with E-state index in [2.05, 4.69) is 4.98 Å². The molecule has 2 aromatic carbocycles. The minimum Gasteiger partial charge on any atom is -0.329 e. The molecule has 6 heteroatoms. The van der Waals surface area contributed by atoms with Crippen LogP contribution < -0.4 is 5.73 Å². The molecule has 0 unspecified atom stereocenters. The standard InChI is InChI=1S/C15H12Cl2FN3/c16-10-7-13-14(8-11(10)17)21(6-5-19)15(20-13)9-3-1-2-4-12(9)18/h1-4,7-8H,5-6,19H2. The average Bonchev–Trinajstić information content (AvgIpc) is 2.79. The van der Waals surface area contributed by atoms with Crippen molar-refractivity contribution in [2.75, 3.05) is 6.54 Å². The van der Waals surface area contributed by atoms with E-state index in [1.54, 1.807) is 30.3 Å². The lowest BCUT2D eigenvalue weighted by atomic mass is 10.2. The van der Waals surface area contributed by atoms with Gasteiger partial charge in [0, 0.05) is 13.1 Å². The third-order valence-corrected chi connectivity index (χ3v) is 3.98. The van der Waals surface area contributed by atoms with Crippen LogP contribution in [0.2, 0.25) is 10.0 Å². The van der Waals surface area contributed by atoms with E-state index in [1.165, 1.54) is 6.07 Å². The third-order valence-electron chi connectivity index (χ3n) is 3.26. The highest BCUT2D eigenvalue weighted by Crippen LogP contribution is 2.32. The molecule has 0 radical (unpaired) electrons. The first-order chi connectivity index (χ1) is 10.1. The molecule has 3 nitrogen and oxygen atoms in total. The Morgan fingerprint density at radius 1 is 1.14 bits per heavy atom. The number of halogens is 3. The maximum atomic E-state index is 14.0. The molecule has 21 heavy (non-hydrogen) atoms. The highest BCUT2D eigenvalue weighted by Gasteiger charge is 2.16. The van der Waals surface area contributed by atoms with Gasteiger partial charge in [-0.15, -0.1) is 0 Å². The smallest absolute Gasteiger partial charge is 0.144 e. The molecule has 0 fully saturated rings. The summed E-state index contributed by atoms with van der Waals surface area (Å²) in [6.07, 6.45) is 0. The molecule has 1 heterocycles. The molecule has 2 N–H and O–H groups in total. The van der Waals surface area contributed by atoms with Crippen molar-refractivity contribution in [3.63, 3.8) is 0 Å². The molecule has 108 valence electrons. The van der Waals surface area contributed by atoms with E-state index in [0.717, 1.165) is 5.52 Å². The largest absolute Gasteiger partial charge is 0.329 e. The second-order valence-electron chi connectivity index (χ2n) is 4.61. The van der Waals surface area contributed by atoms with E-state index in [0.29, 0.717) is 40.0 Å². The van der Waals surface area contributed by atoms with Crippen molar-refractivity contribution in [2.24, 2.45) is 5.73 Å². The van der Waals surface area contributed by atoms with Crippen LogP contribution in [0.1, 0.15) is 0 Å². The van der Waals surface area contributed by atoms with Gasteiger partial charge in [-0.2, -0.15) is 0 Å². The van der Waals surface area contributed by atoms with Crippen LogP contribution in [0.5, 0.6) is 0 Å². The van der Waals surface area contributed by atoms with Crippen LogP contribution >= 0.6 is 23.2 Å². The van der Waals surface area contributed by atoms with Crippen LogP contribution in [0.3, 0.4) is 0 Å². The van der Waals surface area contributed by atoms with Crippen LogP contribution in [0, 0.1) is 5.82 Å². The van der Waals surface area contributed by atoms with Gasteiger partial charge in [-0.25, -0.2) is 9.37 Å². The van der Waals surface area contributed by atoms with Gasteiger partial charge in [-0.3, -0.25) is 0 Å². The zero-order valence-electron chi connectivity index (χ0n) is 11.0. The molecule has 0 bridgehead atoms. The fraction of sp³-hybridized carbons (Fsp3) is 0.133. The first kappa shape index (κ1) is 14.3. The van der Waals surface area contributed by atoms with Crippen LogP contribution in [0.25, 0.3) is 22.4 Å². The Morgan fingerprint density at radius 2 is 1.86 bits per heavy atom. The summed E-state index contributed by atoms with van der Waals surface area (Å²) in [6, 6.07) is 9.91. The van der Waals surface area contributed by atoms with Gasteiger partial charge in [0.15, 0.2) is 0 Å². The lowest BCUT2D eigenvalue weighted by molar-refractivity contribution is 0.627. The molecule has 0 aliphatic rings. The molecule has 3 rings (SSSR count). The summed E-state index contributed by atoms with van der Waals surface area (Å²) in [5.74, 6) is 0.190. The minimum absolute atomic E-state index is 0.330. The highest BCUT2D eigenvalue weighted by atomic mass is 35.5. The van der Waals surface area contributed by atoms with Gasteiger partial charge in [0.05, 0.1) is 26.6 Å². The van der Waals surface area contributed by atoms with E-state index in [1.807, 2.05) is 4.57 Å². The Morgan fingerprint density at radius 3 is 2.57 bits per heavy atom. The second-order valence-corrected chi connectivity index (χ2v) is 5.43. The van der Waals surface area contributed by atoms with Crippen LogP contribution in [-0.2, 0) is 6.54 Å². The van der Waals surface area contributed by atoms with E-state index < -0.39 is 0 Å². The number of hydrogen-bond donors (Lipinski definition) is 1. The van der Waals surface area contributed by atoms with Crippen LogP contribution in [0.15, 0.2) is 36.4 Å². The Bertz CT molecular complexity index is 814. The molecule has 0 amide bonds. The van der Waals surface area contributed by atoms with Crippen molar-refractivity contribution in [3.8, 4) is 11.4 Å². The van der Waals surface area contributed by atoms with E-state index in [-0.39, 0.29) is 5.82 Å². The summed E-state index contributed by atoms with van der Waals surface area (Å²) in [6.45, 7) is 0.922. The molecule has 0 spiro atoms.